The number of esters is 1. The lowest BCUT2D eigenvalue weighted by Gasteiger charge is -2.13. The maximum atomic E-state index is 14.4. The molecule has 4 nitrogen and oxygen atoms in total. The monoisotopic (exact) mass is 462 g/mol. The Hall–Kier alpha value is -3.50. The second-order valence-corrected chi connectivity index (χ2v) is 6.37. The van der Waals surface area contributed by atoms with Crippen molar-refractivity contribution >= 4 is 16.7 Å². The molecule has 0 aliphatic rings. The Kier molecular flexibility index (Phi) is 6.47. The number of rotatable bonds is 6. The van der Waals surface area contributed by atoms with Crippen LogP contribution in [0.3, 0.4) is 0 Å². The minimum atomic E-state index is -4.81. The van der Waals surface area contributed by atoms with Crippen molar-refractivity contribution in [2.75, 3.05) is 13.2 Å². The van der Waals surface area contributed by atoms with Gasteiger partial charge in [0.1, 0.15) is 28.7 Å². The largest absolute Gasteiger partial charge is 0.494 e. The second kappa shape index (κ2) is 8.93. The first-order valence-electron chi connectivity index (χ1n) is 8.95. The number of benzene rings is 3. The van der Waals surface area contributed by atoms with Crippen LogP contribution in [-0.4, -0.2) is 25.4 Å². The van der Waals surface area contributed by atoms with E-state index in [4.69, 9.17) is 9.47 Å². The Bertz CT molecular complexity index is 1150. The molecule has 0 N–H and O–H groups in total. The van der Waals surface area contributed by atoms with Gasteiger partial charge in [-0.25, -0.2) is 22.4 Å². The fourth-order valence-electron chi connectivity index (χ4n) is 2.79. The minimum Gasteiger partial charge on any atom is -0.494 e. The van der Waals surface area contributed by atoms with E-state index in [9.17, 15) is 35.5 Å². The van der Waals surface area contributed by atoms with Crippen LogP contribution in [0.15, 0.2) is 36.4 Å². The number of ether oxygens (including phenoxy) is 3. The molecular formula is C21H13F7O4. The average Bonchev–Trinajstić information content (AvgIpc) is 2.66. The number of halogens is 7. The van der Waals surface area contributed by atoms with Gasteiger partial charge in [-0.15, -0.1) is 0 Å². The summed E-state index contributed by atoms with van der Waals surface area (Å²) in [6, 6.07) is 5.21. The van der Waals surface area contributed by atoms with E-state index in [-0.39, 0.29) is 28.9 Å². The topological polar surface area (TPSA) is 44.8 Å². The van der Waals surface area contributed by atoms with Gasteiger partial charge in [0.05, 0.1) is 6.61 Å². The lowest BCUT2D eigenvalue weighted by molar-refractivity contribution is -0.154. The summed E-state index contributed by atoms with van der Waals surface area (Å²) in [7, 11) is 0. The number of carbonyl (C=O) groups excluding carboxylic acids is 1. The van der Waals surface area contributed by atoms with Crippen LogP contribution < -0.4 is 14.2 Å². The fraction of sp³-hybridized carbons (Fsp3) is 0.190. The molecule has 0 bridgehead atoms. The van der Waals surface area contributed by atoms with Crippen LogP contribution >= 0.6 is 0 Å². The predicted octanol–water partition coefficient (Wildman–Crippen LogP) is 5.96. The Morgan fingerprint density at radius 3 is 2.12 bits per heavy atom. The van der Waals surface area contributed by atoms with Crippen LogP contribution in [0.25, 0.3) is 10.8 Å². The highest BCUT2D eigenvalue weighted by Crippen LogP contribution is 2.33. The Morgan fingerprint density at radius 1 is 0.875 bits per heavy atom. The van der Waals surface area contributed by atoms with E-state index in [2.05, 4.69) is 4.74 Å². The molecule has 3 aromatic rings. The second-order valence-electron chi connectivity index (χ2n) is 6.37. The lowest BCUT2D eigenvalue weighted by atomic mass is 10.1. The van der Waals surface area contributed by atoms with E-state index in [0.29, 0.717) is 6.07 Å². The lowest BCUT2D eigenvalue weighted by Crippen LogP contribution is -2.20. The van der Waals surface area contributed by atoms with E-state index < -0.39 is 53.3 Å². The van der Waals surface area contributed by atoms with Gasteiger partial charge < -0.3 is 14.2 Å². The molecule has 0 heterocycles. The van der Waals surface area contributed by atoms with Crippen molar-refractivity contribution in [2.24, 2.45) is 0 Å². The van der Waals surface area contributed by atoms with Crippen molar-refractivity contribution < 1.29 is 49.7 Å². The molecule has 3 rings (SSSR count). The highest BCUT2D eigenvalue weighted by atomic mass is 19.4. The zero-order chi connectivity index (χ0) is 23.6. The quantitative estimate of drug-likeness (QED) is 0.258. The van der Waals surface area contributed by atoms with Crippen LogP contribution in [-0.2, 0) is 0 Å². The van der Waals surface area contributed by atoms with E-state index in [1.54, 1.807) is 6.92 Å². The van der Waals surface area contributed by atoms with Gasteiger partial charge >= 0.3 is 12.1 Å². The molecule has 0 unspecified atom stereocenters. The molecule has 3 aromatic carbocycles. The van der Waals surface area contributed by atoms with Crippen LogP contribution in [0.1, 0.15) is 17.3 Å². The third kappa shape index (κ3) is 5.04. The van der Waals surface area contributed by atoms with Gasteiger partial charge in [0.25, 0.3) is 0 Å². The van der Waals surface area contributed by atoms with Crippen molar-refractivity contribution in [1.29, 1.82) is 0 Å². The molecule has 0 aliphatic heterocycles. The van der Waals surface area contributed by atoms with Crippen molar-refractivity contribution in [1.82, 2.24) is 0 Å². The summed E-state index contributed by atoms with van der Waals surface area (Å²) in [5.41, 5.74) is -1.01. The molecule has 0 aromatic heterocycles. The van der Waals surface area contributed by atoms with Crippen LogP contribution in [0.4, 0.5) is 30.7 Å². The number of alkyl halides is 3. The van der Waals surface area contributed by atoms with E-state index in [1.165, 1.54) is 0 Å². The Morgan fingerprint density at radius 2 is 1.53 bits per heavy atom. The summed E-state index contributed by atoms with van der Waals surface area (Å²) in [6.45, 7) is -0.175. The molecule has 0 saturated carbocycles. The first kappa shape index (κ1) is 23.2. The average molecular weight is 462 g/mol. The summed E-state index contributed by atoms with van der Waals surface area (Å²) in [5.74, 6) is -8.42. The highest BCUT2D eigenvalue weighted by molar-refractivity contribution is 5.93. The van der Waals surface area contributed by atoms with Crippen LogP contribution in [0.5, 0.6) is 17.2 Å². The molecule has 32 heavy (non-hydrogen) atoms. The third-order valence-corrected chi connectivity index (χ3v) is 4.08. The van der Waals surface area contributed by atoms with Gasteiger partial charge in [0, 0.05) is 17.5 Å². The maximum Gasteiger partial charge on any atom is 0.422 e. The van der Waals surface area contributed by atoms with Gasteiger partial charge in [0.2, 0.25) is 0 Å². The molecule has 0 atom stereocenters. The van der Waals surface area contributed by atoms with Gasteiger partial charge in [-0.2, -0.15) is 13.2 Å². The summed E-state index contributed by atoms with van der Waals surface area (Å²) in [5, 5.41) is -0.529. The highest BCUT2D eigenvalue weighted by Gasteiger charge is 2.30. The molecule has 0 saturated heterocycles. The van der Waals surface area contributed by atoms with Crippen LogP contribution in [0.2, 0.25) is 0 Å². The summed E-state index contributed by atoms with van der Waals surface area (Å²) in [6.07, 6.45) is -4.81. The van der Waals surface area contributed by atoms with Crippen molar-refractivity contribution in [2.45, 2.75) is 13.1 Å². The smallest absolute Gasteiger partial charge is 0.422 e. The number of hydrogen-bond acceptors (Lipinski definition) is 4. The Balaban J connectivity index is 1.89. The normalized spacial score (nSPS) is 11.5. The maximum absolute atomic E-state index is 14.4. The molecular weight excluding hydrogens is 449 g/mol. The van der Waals surface area contributed by atoms with Gasteiger partial charge in [0.15, 0.2) is 24.0 Å². The SMILES string of the molecule is CCOc1cc(F)c(C(=O)Oc2ccc3c(F)c(OCC(F)(F)F)c(F)cc3c2)c(F)c1. The van der Waals surface area contributed by atoms with Gasteiger partial charge in [-0.1, -0.05) is 0 Å². The molecule has 0 fully saturated rings. The first-order chi connectivity index (χ1) is 15.0. The molecule has 170 valence electrons. The number of fused-ring (bicyclic) bond motifs is 1. The summed E-state index contributed by atoms with van der Waals surface area (Å²) in [4.78, 5) is 12.2. The van der Waals surface area contributed by atoms with Crippen molar-refractivity contribution in [3.05, 3.63) is 65.2 Å². The Labute approximate surface area is 176 Å². The summed E-state index contributed by atoms with van der Waals surface area (Å²) >= 11 is 0. The molecule has 0 spiro atoms. The third-order valence-electron chi connectivity index (χ3n) is 4.08. The van der Waals surface area contributed by atoms with E-state index in [1.807, 2.05) is 0 Å². The predicted molar refractivity (Wildman–Crippen MR) is 97.9 cm³/mol. The fourth-order valence-corrected chi connectivity index (χ4v) is 2.79. The van der Waals surface area contributed by atoms with Gasteiger partial charge in [-0.05, 0) is 36.6 Å². The zero-order valence-electron chi connectivity index (χ0n) is 16.2. The molecule has 0 amide bonds. The standard InChI is InChI=1S/C21H13F7O4/c1-2-30-12-7-14(22)17(15(23)8-12)20(29)32-11-3-4-13-10(5-11)6-16(24)19(18(13)25)31-9-21(26,27)28/h3-8H,2,9H2,1H3. The van der Waals surface area contributed by atoms with Crippen LogP contribution in [0, 0.1) is 23.3 Å². The molecule has 11 heteroatoms. The van der Waals surface area contributed by atoms with Crippen molar-refractivity contribution in [3.63, 3.8) is 0 Å². The number of hydrogen-bond donors (Lipinski definition) is 0. The molecule has 0 radical (unpaired) electrons. The minimum absolute atomic E-state index is 0.135. The summed E-state index contributed by atoms with van der Waals surface area (Å²) < 4.78 is 108. The van der Waals surface area contributed by atoms with Crippen molar-refractivity contribution in [3.8, 4) is 17.2 Å². The van der Waals surface area contributed by atoms with Gasteiger partial charge in [-0.3, -0.25) is 0 Å². The first-order valence-corrected chi connectivity index (χ1v) is 8.95. The van der Waals surface area contributed by atoms with E-state index >= 15 is 0 Å². The number of carbonyl (C=O) groups is 1. The van der Waals surface area contributed by atoms with E-state index in [0.717, 1.165) is 30.3 Å². The molecule has 0 aliphatic carbocycles. The zero-order valence-corrected chi connectivity index (χ0v) is 16.2.